The zero-order valence-electron chi connectivity index (χ0n) is 21.1. The third-order valence-electron chi connectivity index (χ3n) is 8.25. The van der Waals surface area contributed by atoms with Gasteiger partial charge >= 0.3 is 6.03 Å². The van der Waals surface area contributed by atoms with Crippen molar-refractivity contribution in [2.45, 2.75) is 93.7 Å². The van der Waals surface area contributed by atoms with E-state index in [1.807, 2.05) is 25.9 Å². The molecular formula is C22H38FN7O5S. The Morgan fingerprint density at radius 2 is 1.92 bits per heavy atom. The first-order chi connectivity index (χ1) is 17.0. The highest BCUT2D eigenvalue weighted by Gasteiger charge is 2.54. The summed E-state index contributed by atoms with van der Waals surface area (Å²) in [6.07, 6.45) is 1.97. The number of carbonyl (C=O) groups is 2. The van der Waals surface area contributed by atoms with E-state index in [0.29, 0.717) is 38.6 Å². The molecule has 204 valence electrons. The van der Waals surface area contributed by atoms with Gasteiger partial charge < -0.3 is 4.90 Å². The normalized spacial score (nSPS) is 39.1. The number of urea groups is 1. The van der Waals surface area contributed by atoms with E-state index >= 15 is 0 Å². The maximum absolute atomic E-state index is 13.7. The molecule has 0 bridgehead atoms. The number of likely N-dealkylation sites (N-methyl/N-ethyl adjacent to an activating group) is 1. The Bertz CT molecular complexity index is 982. The molecule has 3 amide bonds. The van der Waals surface area contributed by atoms with Crippen LogP contribution in [0.15, 0.2) is 0 Å². The molecule has 5 fully saturated rings. The van der Waals surface area contributed by atoms with Crippen LogP contribution in [0.25, 0.3) is 0 Å². The highest BCUT2D eigenvalue weighted by atomic mass is 32.2. The summed E-state index contributed by atoms with van der Waals surface area (Å²) in [5, 5.41) is 4.49. The monoisotopic (exact) mass is 531 g/mol. The summed E-state index contributed by atoms with van der Waals surface area (Å²) in [5.41, 5.74) is 5.14. The second-order valence-corrected chi connectivity index (χ2v) is 13.2. The van der Waals surface area contributed by atoms with E-state index in [4.69, 9.17) is 4.84 Å². The van der Waals surface area contributed by atoms with Gasteiger partial charge in [0.15, 0.2) is 0 Å². The molecule has 3 heterocycles. The zero-order chi connectivity index (χ0) is 25.8. The molecule has 2 aliphatic carbocycles. The van der Waals surface area contributed by atoms with Crippen LogP contribution < -0.4 is 20.9 Å². The fourth-order valence-corrected chi connectivity index (χ4v) is 7.96. The highest BCUT2D eigenvalue weighted by Crippen LogP contribution is 2.41. The van der Waals surface area contributed by atoms with Crippen molar-refractivity contribution >= 4 is 22.0 Å². The van der Waals surface area contributed by atoms with Crippen LogP contribution in [0.2, 0.25) is 0 Å². The second kappa shape index (κ2) is 9.71. The fourth-order valence-electron chi connectivity index (χ4n) is 6.02. The van der Waals surface area contributed by atoms with Crippen molar-refractivity contribution in [2.75, 3.05) is 26.8 Å². The maximum atomic E-state index is 13.7. The minimum atomic E-state index is -3.81. The Balaban J connectivity index is 1.37. The first-order valence-corrected chi connectivity index (χ1v) is 14.4. The van der Waals surface area contributed by atoms with Gasteiger partial charge in [-0.15, -0.1) is 0 Å². The van der Waals surface area contributed by atoms with E-state index in [1.54, 1.807) is 4.90 Å². The number of hydroxylamine groups is 1. The van der Waals surface area contributed by atoms with Gasteiger partial charge in [-0.05, 0) is 52.4 Å². The van der Waals surface area contributed by atoms with Crippen molar-refractivity contribution in [3.8, 4) is 0 Å². The quantitative estimate of drug-likeness (QED) is 0.330. The summed E-state index contributed by atoms with van der Waals surface area (Å²) >= 11 is 0. The summed E-state index contributed by atoms with van der Waals surface area (Å²) in [6.45, 7) is 3.66. The molecule has 7 atom stereocenters. The number of halogens is 1. The van der Waals surface area contributed by atoms with Crippen LogP contribution >= 0.6 is 0 Å². The average molecular weight is 532 g/mol. The Kier molecular flexibility index (Phi) is 7.07. The maximum Gasteiger partial charge on any atom is 0.327 e. The number of sulfonamides is 1. The number of carbonyl (C=O) groups excluding carboxylic acids is 2. The molecule has 0 radical (unpaired) electrons. The number of nitrogens with one attached hydrogen (secondary N) is 4. The van der Waals surface area contributed by atoms with Gasteiger partial charge in [-0.3, -0.25) is 19.8 Å². The number of hydrogen-bond acceptors (Lipinski definition) is 9. The van der Waals surface area contributed by atoms with Crippen molar-refractivity contribution in [1.82, 2.24) is 35.8 Å². The molecule has 12 nitrogen and oxygen atoms in total. The first-order valence-electron chi connectivity index (χ1n) is 12.9. The van der Waals surface area contributed by atoms with Crippen LogP contribution in [0.3, 0.4) is 0 Å². The second-order valence-electron chi connectivity index (χ2n) is 11.2. The van der Waals surface area contributed by atoms with Gasteiger partial charge in [0.05, 0.1) is 48.2 Å². The Morgan fingerprint density at radius 3 is 2.50 bits per heavy atom. The van der Waals surface area contributed by atoms with Gasteiger partial charge in [0.2, 0.25) is 15.9 Å². The molecule has 3 saturated heterocycles. The lowest BCUT2D eigenvalue weighted by atomic mass is 9.80. The minimum Gasteiger partial charge on any atom is -0.318 e. The molecule has 5 rings (SSSR count). The molecule has 36 heavy (non-hydrogen) atoms. The van der Waals surface area contributed by atoms with Crippen molar-refractivity contribution in [1.29, 1.82) is 0 Å². The first kappa shape index (κ1) is 26.2. The van der Waals surface area contributed by atoms with Crippen molar-refractivity contribution in [3.05, 3.63) is 0 Å². The largest absolute Gasteiger partial charge is 0.327 e. The summed E-state index contributed by atoms with van der Waals surface area (Å²) in [5.74, 6) is -1.00. The highest BCUT2D eigenvalue weighted by molar-refractivity contribution is 7.90. The predicted molar refractivity (Wildman–Crippen MR) is 128 cm³/mol. The number of amides is 3. The number of nitrogens with zero attached hydrogens (tertiary/aromatic N) is 3. The van der Waals surface area contributed by atoms with Crippen LogP contribution in [0.1, 0.15) is 52.4 Å². The number of fused-ring (bicyclic) bond motifs is 1. The number of alkyl halides is 1. The van der Waals surface area contributed by atoms with E-state index in [-0.39, 0.29) is 49.4 Å². The van der Waals surface area contributed by atoms with Crippen LogP contribution in [0, 0.1) is 5.92 Å². The summed E-state index contributed by atoms with van der Waals surface area (Å²) in [6, 6.07) is -0.650. The third kappa shape index (κ3) is 5.00. The van der Waals surface area contributed by atoms with E-state index in [0.717, 1.165) is 0 Å². The molecule has 4 N–H and O–H groups in total. The van der Waals surface area contributed by atoms with E-state index in [2.05, 4.69) is 20.9 Å². The van der Waals surface area contributed by atoms with Gasteiger partial charge in [-0.1, -0.05) is 0 Å². The lowest BCUT2D eigenvalue weighted by Crippen LogP contribution is -2.67. The van der Waals surface area contributed by atoms with Gasteiger partial charge in [0.1, 0.15) is 6.67 Å². The molecule has 2 saturated carbocycles. The van der Waals surface area contributed by atoms with Gasteiger partial charge in [-0.25, -0.2) is 32.8 Å². The number of hydrogen-bond donors (Lipinski definition) is 4. The molecule has 7 unspecified atom stereocenters. The Hall–Kier alpha value is -1.42. The molecule has 0 spiro atoms. The number of rotatable bonds is 8. The minimum absolute atomic E-state index is 0.0325. The Morgan fingerprint density at radius 1 is 1.17 bits per heavy atom. The third-order valence-corrected chi connectivity index (χ3v) is 10.3. The predicted octanol–water partition coefficient (Wildman–Crippen LogP) is -0.397. The zero-order valence-corrected chi connectivity index (χ0v) is 21.9. The van der Waals surface area contributed by atoms with E-state index in [9.17, 15) is 22.4 Å². The summed E-state index contributed by atoms with van der Waals surface area (Å²) in [4.78, 5) is 35.9. The lowest BCUT2D eigenvalue weighted by Gasteiger charge is -2.49. The molecule has 0 aromatic heterocycles. The van der Waals surface area contributed by atoms with Gasteiger partial charge in [0.25, 0.3) is 0 Å². The van der Waals surface area contributed by atoms with Crippen molar-refractivity contribution in [2.24, 2.45) is 5.92 Å². The molecule has 14 heteroatoms. The average Bonchev–Trinajstić information content (AvgIpc) is 3.35. The van der Waals surface area contributed by atoms with Crippen LogP contribution in [-0.4, -0.2) is 103 Å². The van der Waals surface area contributed by atoms with Crippen LogP contribution in [0.4, 0.5) is 9.18 Å². The van der Waals surface area contributed by atoms with Gasteiger partial charge in [0, 0.05) is 19.1 Å². The SMILES string of the molecule is CC1CC(CN2C(=O)C3CC(S(=O)(=O)NC4(CF)CC4)CCC3N(CC3NC(C)NN3C)C2=O)ON1. The molecule has 5 aliphatic rings. The number of hydrazine groups is 1. The van der Waals surface area contributed by atoms with E-state index < -0.39 is 39.4 Å². The van der Waals surface area contributed by atoms with Crippen molar-refractivity contribution < 1.29 is 27.2 Å². The molecule has 0 aromatic rings. The topological polar surface area (TPSA) is 135 Å². The standard InChI is InChI=1S/C22H38FN7O5S/c1-13-8-15(35-26-13)10-30-20(31)17-9-16(36(33,34)27-22(12-23)6-7-22)4-5-18(17)29(21(30)32)11-19-24-14(2)25-28(19)3/h13-19,24-27H,4-12H2,1-3H3. The van der Waals surface area contributed by atoms with Crippen LogP contribution in [0.5, 0.6) is 0 Å². The smallest absolute Gasteiger partial charge is 0.318 e. The van der Waals surface area contributed by atoms with Crippen LogP contribution in [-0.2, 0) is 19.7 Å². The molecule has 0 aromatic carbocycles. The summed E-state index contributed by atoms with van der Waals surface area (Å²) in [7, 11) is -1.92. The van der Waals surface area contributed by atoms with Gasteiger partial charge in [-0.2, -0.15) is 5.48 Å². The fraction of sp³-hybridized carbons (Fsp3) is 0.909. The number of imide groups is 1. The molecular weight excluding hydrogens is 493 g/mol. The van der Waals surface area contributed by atoms with Crippen molar-refractivity contribution in [3.63, 3.8) is 0 Å². The van der Waals surface area contributed by atoms with E-state index in [1.165, 1.54) is 4.90 Å². The lowest BCUT2D eigenvalue weighted by molar-refractivity contribution is -0.142. The Labute approximate surface area is 211 Å². The molecule has 3 aliphatic heterocycles. The summed E-state index contributed by atoms with van der Waals surface area (Å²) < 4.78 is 42.3.